The molecule has 2 rings (SSSR count). The lowest BCUT2D eigenvalue weighted by Crippen LogP contribution is -2.19. The standard InChI is InChI=1S/C12H11BrN2O4/c1-14-8-4-6(10(16)11(17)19-3)7(13)5-9(8)15(2)12(14)18/h4-5H,1-3H3. The number of esters is 1. The molecule has 0 saturated heterocycles. The van der Waals surface area contributed by atoms with Crippen LogP contribution in [0.15, 0.2) is 21.4 Å². The third-order valence-corrected chi connectivity index (χ3v) is 3.63. The minimum absolute atomic E-state index is 0.167. The highest BCUT2D eigenvalue weighted by molar-refractivity contribution is 9.10. The van der Waals surface area contributed by atoms with Crippen molar-refractivity contribution in [2.24, 2.45) is 14.1 Å². The van der Waals surface area contributed by atoms with E-state index in [4.69, 9.17) is 0 Å². The molecule has 0 saturated carbocycles. The first-order valence-electron chi connectivity index (χ1n) is 5.36. The molecule has 1 aromatic carbocycles. The Hall–Kier alpha value is -1.89. The second-order valence-electron chi connectivity index (χ2n) is 4.04. The molecular weight excluding hydrogens is 316 g/mol. The number of imidazole rings is 1. The van der Waals surface area contributed by atoms with Gasteiger partial charge in [-0.05, 0) is 28.1 Å². The predicted octanol–water partition coefficient (Wildman–Crippen LogP) is 0.995. The minimum atomic E-state index is -0.944. The molecule has 0 unspecified atom stereocenters. The summed E-state index contributed by atoms with van der Waals surface area (Å²) in [4.78, 5) is 34.9. The van der Waals surface area contributed by atoms with Gasteiger partial charge in [0.2, 0.25) is 0 Å². The average molecular weight is 327 g/mol. The number of benzene rings is 1. The molecule has 7 heteroatoms. The Morgan fingerprint density at radius 3 is 2.21 bits per heavy atom. The molecule has 0 spiro atoms. The molecule has 0 aliphatic heterocycles. The van der Waals surface area contributed by atoms with Crippen molar-refractivity contribution >= 4 is 38.7 Å². The van der Waals surface area contributed by atoms with Crippen LogP contribution in [0, 0.1) is 0 Å². The van der Waals surface area contributed by atoms with E-state index in [1.165, 1.54) is 15.2 Å². The summed E-state index contributed by atoms with van der Waals surface area (Å²) in [6, 6.07) is 3.13. The highest BCUT2D eigenvalue weighted by Gasteiger charge is 2.21. The zero-order chi connectivity index (χ0) is 14.3. The molecule has 2 aromatic rings. The fraction of sp³-hybridized carbons (Fsp3) is 0.250. The van der Waals surface area contributed by atoms with E-state index in [1.807, 2.05) is 0 Å². The van der Waals surface area contributed by atoms with E-state index < -0.39 is 11.8 Å². The zero-order valence-corrected chi connectivity index (χ0v) is 12.1. The van der Waals surface area contributed by atoms with E-state index in [-0.39, 0.29) is 11.3 Å². The number of halogens is 1. The maximum atomic E-state index is 11.8. The van der Waals surface area contributed by atoms with Gasteiger partial charge in [0.1, 0.15) is 0 Å². The van der Waals surface area contributed by atoms with Crippen molar-refractivity contribution in [2.45, 2.75) is 0 Å². The molecule has 0 N–H and O–H groups in total. The number of Topliss-reactive ketones (excluding diaryl/α,β-unsaturated/α-hetero) is 1. The molecule has 0 aliphatic rings. The van der Waals surface area contributed by atoms with Gasteiger partial charge in [-0.15, -0.1) is 0 Å². The van der Waals surface area contributed by atoms with Crippen molar-refractivity contribution in [2.75, 3.05) is 7.11 Å². The average Bonchev–Trinajstić information content (AvgIpc) is 2.61. The van der Waals surface area contributed by atoms with Crippen molar-refractivity contribution in [1.29, 1.82) is 0 Å². The summed E-state index contributed by atoms with van der Waals surface area (Å²) in [5.74, 6) is -1.70. The Balaban J connectivity index is 2.76. The lowest BCUT2D eigenvalue weighted by molar-refractivity contribution is -0.135. The van der Waals surface area contributed by atoms with Gasteiger partial charge in [-0.3, -0.25) is 13.9 Å². The lowest BCUT2D eigenvalue weighted by atomic mass is 10.1. The summed E-state index contributed by atoms with van der Waals surface area (Å²) < 4.78 is 7.73. The molecular formula is C12H11BrN2O4. The van der Waals surface area contributed by atoms with E-state index in [9.17, 15) is 14.4 Å². The Labute approximate surface area is 116 Å². The molecule has 0 radical (unpaired) electrons. The summed E-state index contributed by atoms with van der Waals surface area (Å²) in [6.45, 7) is 0. The summed E-state index contributed by atoms with van der Waals surface area (Å²) >= 11 is 3.23. The number of carbonyl (C=O) groups excluding carboxylic acids is 2. The molecule has 19 heavy (non-hydrogen) atoms. The van der Waals surface area contributed by atoms with E-state index in [0.717, 1.165) is 7.11 Å². The number of methoxy groups -OCH3 is 1. The minimum Gasteiger partial charge on any atom is -0.463 e. The fourth-order valence-corrected chi connectivity index (χ4v) is 2.41. The van der Waals surface area contributed by atoms with E-state index in [1.54, 1.807) is 20.2 Å². The van der Waals surface area contributed by atoms with Crippen molar-refractivity contribution < 1.29 is 14.3 Å². The van der Waals surface area contributed by atoms with Gasteiger partial charge in [0.15, 0.2) is 0 Å². The van der Waals surface area contributed by atoms with Crippen LogP contribution in [0.25, 0.3) is 11.0 Å². The van der Waals surface area contributed by atoms with Crippen LogP contribution in [0.1, 0.15) is 10.4 Å². The molecule has 0 aliphatic carbocycles. The molecule has 0 atom stereocenters. The first kappa shape index (κ1) is 13.5. The number of ether oxygens (including phenoxy) is 1. The number of carbonyl (C=O) groups is 2. The van der Waals surface area contributed by atoms with E-state index in [2.05, 4.69) is 20.7 Å². The van der Waals surface area contributed by atoms with Gasteiger partial charge in [0.25, 0.3) is 5.78 Å². The number of ketones is 1. The Morgan fingerprint density at radius 2 is 1.68 bits per heavy atom. The monoisotopic (exact) mass is 326 g/mol. The number of rotatable bonds is 2. The van der Waals surface area contributed by atoms with Gasteiger partial charge >= 0.3 is 11.7 Å². The largest absolute Gasteiger partial charge is 0.463 e. The number of fused-ring (bicyclic) bond motifs is 1. The third-order valence-electron chi connectivity index (χ3n) is 2.98. The van der Waals surface area contributed by atoms with Crippen LogP contribution >= 0.6 is 15.9 Å². The van der Waals surface area contributed by atoms with Crippen LogP contribution in [0.5, 0.6) is 0 Å². The number of aryl methyl sites for hydroxylation is 2. The SMILES string of the molecule is COC(=O)C(=O)c1cc2c(cc1Br)n(C)c(=O)n2C. The number of hydrogen-bond donors (Lipinski definition) is 0. The highest BCUT2D eigenvalue weighted by Crippen LogP contribution is 2.24. The molecule has 1 aromatic heterocycles. The summed E-state index contributed by atoms with van der Waals surface area (Å²) in [6.07, 6.45) is 0. The quantitative estimate of drug-likeness (QED) is 0.469. The van der Waals surface area contributed by atoms with Crippen molar-refractivity contribution in [3.8, 4) is 0 Å². The molecule has 100 valence electrons. The normalized spacial score (nSPS) is 10.7. The van der Waals surface area contributed by atoms with Gasteiger partial charge in [-0.2, -0.15) is 0 Å². The lowest BCUT2D eigenvalue weighted by Gasteiger charge is -2.04. The van der Waals surface area contributed by atoms with E-state index >= 15 is 0 Å². The number of hydrogen-bond acceptors (Lipinski definition) is 4. The molecule has 0 fully saturated rings. The first-order valence-corrected chi connectivity index (χ1v) is 6.15. The summed E-state index contributed by atoms with van der Waals surface area (Å²) in [5, 5.41) is 0. The molecule has 0 amide bonds. The van der Waals surface area contributed by atoms with Crippen LogP contribution in [0.2, 0.25) is 0 Å². The van der Waals surface area contributed by atoms with Crippen LogP contribution < -0.4 is 5.69 Å². The number of nitrogens with zero attached hydrogens (tertiary/aromatic N) is 2. The third kappa shape index (κ3) is 1.99. The van der Waals surface area contributed by atoms with Crippen molar-refractivity contribution in [1.82, 2.24) is 9.13 Å². The summed E-state index contributed by atoms with van der Waals surface area (Å²) in [5.41, 5.74) is 1.20. The van der Waals surface area contributed by atoms with Crippen LogP contribution in [-0.4, -0.2) is 28.0 Å². The van der Waals surface area contributed by atoms with Crippen LogP contribution in [0.3, 0.4) is 0 Å². The second-order valence-corrected chi connectivity index (χ2v) is 4.90. The van der Waals surface area contributed by atoms with Crippen LogP contribution in [0.4, 0.5) is 0 Å². The van der Waals surface area contributed by atoms with Gasteiger partial charge in [-0.25, -0.2) is 9.59 Å². The maximum absolute atomic E-state index is 11.8. The Kier molecular flexibility index (Phi) is 3.32. The van der Waals surface area contributed by atoms with Gasteiger partial charge < -0.3 is 4.74 Å². The molecule has 1 heterocycles. The fourth-order valence-electron chi connectivity index (χ4n) is 1.90. The molecule has 6 nitrogen and oxygen atoms in total. The van der Waals surface area contributed by atoms with Crippen molar-refractivity contribution in [3.63, 3.8) is 0 Å². The second kappa shape index (κ2) is 4.65. The first-order chi connectivity index (χ1) is 8.88. The maximum Gasteiger partial charge on any atom is 0.379 e. The molecule has 0 bridgehead atoms. The smallest absolute Gasteiger partial charge is 0.379 e. The topological polar surface area (TPSA) is 70.3 Å². The Bertz CT molecular complexity index is 757. The van der Waals surface area contributed by atoms with E-state index in [0.29, 0.717) is 15.5 Å². The predicted molar refractivity (Wildman–Crippen MR) is 72.2 cm³/mol. The zero-order valence-electron chi connectivity index (χ0n) is 10.6. The van der Waals surface area contributed by atoms with Gasteiger partial charge in [0, 0.05) is 24.1 Å². The highest BCUT2D eigenvalue weighted by atomic mass is 79.9. The Morgan fingerprint density at radius 1 is 1.16 bits per heavy atom. The van der Waals surface area contributed by atoms with Crippen LogP contribution in [-0.2, 0) is 23.6 Å². The van der Waals surface area contributed by atoms with Gasteiger partial charge in [-0.1, -0.05) is 0 Å². The van der Waals surface area contributed by atoms with Crippen molar-refractivity contribution in [3.05, 3.63) is 32.7 Å². The number of aromatic nitrogens is 2. The van der Waals surface area contributed by atoms with Gasteiger partial charge in [0.05, 0.1) is 18.1 Å². The summed E-state index contributed by atoms with van der Waals surface area (Å²) in [7, 11) is 4.38.